The maximum absolute atomic E-state index is 11.1. The average molecular weight is 246 g/mol. The smallest absolute Gasteiger partial charge is 0.339 e. The number of rotatable bonds is 4. The molecule has 0 aliphatic carbocycles. The van der Waals surface area contributed by atoms with E-state index in [9.17, 15) is 4.79 Å². The number of carbonyl (C=O) groups is 1. The quantitative estimate of drug-likeness (QED) is 0.853. The Bertz CT molecular complexity index is 577. The van der Waals surface area contributed by atoms with Gasteiger partial charge in [-0.05, 0) is 13.0 Å². The molecule has 0 radical (unpaired) electrons. The summed E-state index contributed by atoms with van der Waals surface area (Å²) in [7, 11) is 1.84. The highest BCUT2D eigenvalue weighted by Gasteiger charge is 2.10. The SMILES string of the molecule is Cc1cc(NCc2cnn(C)c2)c(C(=O)O)cn1. The molecule has 0 atom stereocenters. The van der Waals surface area contributed by atoms with Crippen LogP contribution in [0.25, 0.3) is 0 Å². The second-order valence-electron chi connectivity index (χ2n) is 4.05. The summed E-state index contributed by atoms with van der Waals surface area (Å²) in [4.78, 5) is 15.0. The van der Waals surface area contributed by atoms with Crippen LogP contribution in [0.1, 0.15) is 21.6 Å². The van der Waals surface area contributed by atoms with E-state index in [1.165, 1.54) is 6.20 Å². The standard InChI is InChI=1S/C12H14N4O2/c1-8-3-11(10(6-13-8)12(17)18)14-4-9-5-15-16(2)7-9/h3,5-7H,4H2,1-2H3,(H,13,14)(H,17,18). The topological polar surface area (TPSA) is 80.0 Å². The minimum absolute atomic E-state index is 0.171. The lowest BCUT2D eigenvalue weighted by Crippen LogP contribution is -2.07. The maximum Gasteiger partial charge on any atom is 0.339 e. The van der Waals surface area contributed by atoms with Crippen LogP contribution in [0.15, 0.2) is 24.7 Å². The van der Waals surface area contributed by atoms with E-state index in [1.54, 1.807) is 16.9 Å². The minimum atomic E-state index is -0.990. The van der Waals surface area contributed by atoms with Crippen LogP contribution in [0, 0.1) is 6.92 Å². The van der Waals surface area contributed by atoms with Crippen LogP contribution in [-0.4, -0.2) is 25.8 Å². The average Bonchev–Trinajstić information content (AvgIpc) is 2.72. The molecule has 0 aliphatic heterocycles. The molecule has 0 saturated carbocycles. The molecule has 0 spiro atoms. The molecule has 2 aromatic heterocycles. The highest BCUT2D eigenvalue weighted by molar-refractivity contribution is 5.93. The molecular formula is C12H14N4O2. The molecule has 94 valence electrons. The van der Waals surface area contributed by atoms with Gasteiger partial charge in [0.05, 0.1) is 11.9 Å². The molecule has 6 nitrogen and oxygen atoms in total. The normalized spacial score (nSPS) is 10.3. The molecule has 2 heterocycles. The Hall–Kier alpha value is -2.37. The van der Waals surface area contributed by atoms with Crippen LogP contribution >= 0.6 is 0 Å². The van der Waals surface area contributed by atoms with Crippen molar-refractivity contribution in [1.29, 1.82) is 0 Å². The Morgan fingerprint density at radius 1 is 1.50 bits per heavy atom. The van der Waals surface area contributed by atoms with Gasteiger partial charge in [-0.25, -0.2) is 4.79 Å². The Morgan fingerprint density at radius 3 is 2.89 bits per heavy atom. The van der Waals surface area contributed by atoms with Crippen LogP contribution in [0.3, 0.4) is 0 Å². The molecule has 0 saturated heterocycles. The maximum atomic E-state index is 11.1. The molecule has 2 aromatic rings. The monoisotopic (exact) mass is 246 g/mol. The summed E-state index contributed by atoms with van der Waals surface area (Å²) in [5.41, 5.74) is 2.50. The van der Waals surface area contributed by atoms with Crippen LogP contribution in [0.5, 0.6) is 0 Å². The second-order valence-corrected chi connectivity index (χ2v) is 4.05. The number of anilines is 1. The summed E-state index contributed by atoms with van der Waals surface area (Å²) < 4.78 is 1.70. The Morgan fingerprint density at radius 2 is 2.28 bits per heavy atom. The number of pyridine rings is 1. The molecule has 0 bridgehead atoms. The van der Waals surface area contributed by atoms with Gasteiger partial charge in [0.2, 0.25) is 0 Å². The fourth-order valence-corrected chi connectivity index (χ4v) is 1.64. The number of carboxylic acids is 1. The van der Waals surface area contributed by atoms with E-state index in [4.69, 9.17) is 5.11 Å². The lowest BCUT2D eigenvalue weighted by molar-refractivity contribution is 0.0697. The second kappa shape index (κ2) is 4.87. The van der Waals surface area contributed by atoms with Crippen molar-refractivity contribution in [2.45, 2.75) is 13.5 Å². The summed E-state index contributed by atoms with van der Waals surface area (Å²) in [6.45, 7) is 2.35. The van der Waals surface area contributed by atoms with Crippen molar-refractivity contribution in [3.8, 4) is 0 Å². The third-order valence-electron chi connectivity index (χ3n) is 2.51. The number of hydrogen-bond acceptors (Lipinski definition) is 4. The number of nitrogens with one attached hydrogen (secondary N) is 1. The van der Waals surface area contributed by atoms with Crippen molar-refractivity contribution in [3.63, 3.8) is 0 Å². The predicted molar refractivity (Wildman–Crippen MR) is 66.5 cm³/mol. The number of carboxylic acid groups (broad SMARTS) is 1. The largest absolute Gasteiger partial charge is 0.478 e. The van der Waals surface area contributed by atoms with Gasteiger partial charge in [-0.3, -0.25) is 9.67 Å². The minimum Gasteiger partial charge on any atom is -0.478 e. The van der Waals surface area contributed by atoms with Crippen LogP contribution in [0.4, 0.5) is 5.69 Å². The van der Waals surface area contributed by atoms with Crippen molar-refractivity contribution in [2.24, 2.45) is 7.05 Å². The highest BCUT2D eigenvalue weighted by atomic mass is 16.4. The Kier molecular flexibility index (Phi) is 3.27. The van der Waals surface area contributed by atoms with Gasteiger partial charge < -0.3 is 10.4 Å². The summed E-state index contributed by atoms with van der Waals surface area (Å²) in [5.74, 6) is -0.990. The van der Waals surface area contributed by atoms with Gasteiger partial charge in [0.15, 0.2) is 0 Å². The van der Waals surface area contributed by atoms with Crippen LogP contribution in [0.2, 0.25) is 0 Å². The molecule has 0 fully saturated rings. The Labute approximate surface area is 104 Å². The molecule has 18 heavy (non-hydrogen) atoms. The van der Waals surface area contributed by atoms with E-state index in [0.717, 1.165) is 11.3 Å². The lowest BCUT2D eigenvalue weighted by atomic mass is 10.2. The Balaban J connectivity index is 2.17. The summed E-state index contributed by atoms with van der Waals surface area (Å²) >= 11 is 0. The molecule has 2 N–H and O–H groups in total. The van der Waals surface area contributed by atoms with Gasteiger partial charge in [0.25, 0.3) is 0 Å². The molecule has 6 heteroatoms. The number of hydrogen-bond donors (Lipinski definition) is 2. The fraction of sp³-hybridized carbons (Fsp3) is 0.250. The first-order valence-electron chi connectivity index (χ1n) is 5.47. The van der Waals surface area contributed by atoms with Gasteiger partial charge in [0.1, 0.15) is 5.56 Å². The zero-order valence-electron chi connectivity index (χ0n) is 10.2. The third-order valence-corrected chi connectivity index (χ3v) is 2.51. The van der Waals surface area contributed by atoms with E-state index in [-0.39, 0.29) is 5.56 Å². The number of aromatic nitrogens is 3. The number of aromatic carboxylic acids is 1. The van der Waals surface area contributed by atoms with E-state index < -0.39 is 5.97 Å². The number of aryl methyl sites for hydroxylation is 2. The molecule has 0 aliphatic rings. The summed E-state index contributed by atoms with van der Waals surface area (Å²) in [5, 5.41) is 16.2. The molecular weight excluding hydrogens is 232 g/mol. The first-order chi connectivity index (χ1) is 8.56. The molecule has 0 unspecified atom stereocenters. The lowest BCUT2D eigenvalue weighted by Gasteiger charge is -2.08. The zero-order valence-corrected chi connectivity index (χ0v) is 10.2. The molecule has 2 rings (SSSR count). The first-order valence-corrected chi connectivity index (χ1v) is 5.47. The van der Waals surface area contributed by atoms with Crippen LogP contribution in [-0.2, 0) is 13.6 Å². The third kappa shape index (κ3) is 2.65. The van der Waals surface area contributed by atoms with Gasteiger partial charge in [0, 0.05) is 37.2 Å². The van der Waals surface area contributed by atoms with Gasteiger partial charge >= 0.3 is 5.97 Å². The fourth-order valence-electron chi connectivity index (χ4n) is 1.64. The zero-order chi connectivity index (χ0) is 13.1. The van der Waals surface area contributed by atoms with E-state index >= 15 is 0 Å². The van der Waals surface area contributed by atoms with Crippen molar-refractivity contribution in [2.75, 3.05) is 5.32 Å². The van der Waals surface area contributed by atoms with Crippen molar-refractivity contribution in [3.05, 3.63) is 41.5 Å². The first kappa shape index (κ1) is 12.1. The summed E-state index contributed by atoms with van der Waals surface area (Å²) in [6.07, 6.45) is 4.98. The van der Waals surface area contributed by atoms with Crippen molar-refractivity contribution < 1.29 is 9.90 Å². The summed E-state index contributed by atoms with van der Waals surface area (Å²) in [6, 6.07) is 1.72. The van der Waals surface area contributed by atoms with Crippen molar-refractivity contribution in [1.82, 2.24) is 14.8 Å². The van der Waals surface area contributed by atoms with E-state index in [0.29, 0.717) is 12.2 Å². The molecule has 0 amide bonds. The van der Waals surface area contributed by atoms with Gasteiger partial charge in [-0.1, -0.05) is 0 Å². The van der Waals surface area contributed by atoms with Crippen molar-refractivity contribution >= 4 is 11.7 Å². The van der Waals surface area contributed by atoms with E-state index in [2.05, 4.69) is 15.4 Å². The van der Waals surface area contributed by atoms with Gasteiger partial charge in [-0.2, -0.15) is 5.10 Å². The van der Waals surface area contributed by atoms with Crippen LogP contribution < -0.4 is 5.32 Å². The molecule has 0 aromatic carbocycles. The van der Waals surface area contributed by atoms with Gasteiger partial charge in [-0.15, -0.1) is 0 Å². The predicted octanol–water partition coefficient (Wildman–Crippen LogP) is 1.43. The number of nitrogens with zero attached hydrogens (tertiary/aromatic N) is 3. The van der Waals surface area contributed by atoms with E-state index in [1.807, 2.05) is 20.2 Å². The highest BCUT2D eigenvalue weighted by Crippen LogP contribution is 2.16.